The number of benzene rings is 2. The van der Waals surface area contributed by atoms with E-state index >= 15 is 0 Å². The first kappa shape index (κ1) is 14.6. The van der Waals surface area contributed by atoms with Gasteiger partial charge in [0.25, 0.3) is 0 Å². The van der Waals surface area contributed by atoms with Gasteiger partial charge in [0.15, 0.2) is 0 Å². The molecule has 0 saturated heterocycles. The minimum absolute atomic E-state index is 0.0522. The Morgan fingerprint density at radius 1 is 1.29 bits per heavy atom. The van der Waals surface area contributed by atoms with Crippen molar-refractivity contribution >= 4 is 11.6 Å². The molecule has 4 nitrogen and oxygen atoms in total. The fourth-order valence-electron chi connectivity index (χ4n) is 2.17. The average molecular weight is 279 g/mol. The van der Waals surface area contributed by atoms with Crippen LogP contribution in [0.5, 0.6) is 0 Å². The lowest BCUT2D eigenvalue weighted by Crippen LogP contribution is -2.12. The van der Waals surface area contributed by atoms with Crippen LogP contribution in [0.3, 0.4) is 0 Å². The third-order valence-electron chi connectivity index (χ3n) is 3.40. The molecule has 1 unspecified atom stereocenters. The highest BCUT2D eigenvalue weighted by Gasteiger charge is 2.09. The van der Waals surface area contributed by atoms with Gasteiger partial charge in [-0.05, 0) is 55.3 Å². The Morgan fingerprint density at radius 2 is 2.05 bits per heavy atom. The van der Waals surface area contributed by atoms with Gasteiger partial charge < -0.3 is 11.1 Å². The zero-order valence-corrected chi connectivity index (χ0v) is 12.1. The maximum atomic E-state index is 11.1. The molecule has 21 heavy (non-hydrogen) atoms. The molecule has 0 spiro atoms. The number of nitrogens with two attached hydrogens (primary N) is 1. The highest BCUT2D eigenvalue weighted by Crippen LogP contribution is 2.23. The van der Waals surface area contributed by atoms with Crippen LogP contribution in [0, 0.1) is 18.3 Å². The number of nitriles is 1. The van der Waals surface area contributed by atoms with Crippen LogP contribution in [-0.2, 0) is 0 Å². The molecule has 0 bridgehead atoms. The van der Waals surface area contributed by atoms with Crippen LogP contribution in [0.25, 0.3) is 0 Å². The third kappa shape index (κ3) is 3.40. The second-order valence-electron chi connectivity index (χ2n) is 5.00. The van der Waals surface area contributed by atoms with Crippen LogP contribution in [-0.4, -0.2) is 5.91 Å². The molecular weight excluding hydrogens is 262 g/mol. The van der Waals surface area contributed by atoms with E-state index in [0.29, 0.717) is 11.1 Å². The van der Waals surface area contributed by atoms with Crippen molar-refractivity contribution in [2.24, 2.45) is 5.73 Å². The topological polar surface area (TPSA) is 78.9 Å². The van der Waals surface area contributed by atoms with Crippen LogP contribution < -0.4 is 11.1 Å². The van der Waals surface area contributed by atoms with Gasteiger partial charge >= 0.3 is 0 Å². The molecule has 0 heterocycles. The summed E-state index contributed by atoms with van der Waals surface area (Å²) in [6.45, 7) is 3.95. The van der Waals surface area contributed by atoms with E-state index in [0.717, 1.165) is 16.8 Å². The number of nitrogens with zero attached hydrogens (tertiary/aromatic N) is 1. The number of carbonyl (C=O) groups excluding carboxylic acids is 1. The molecular formula is C17H17N3O. The summed E-state index contributed by atoms with van der Waals surface area (Å²) in [7, 11) is 0. The number of nitrogens with one attached hydrogen (secondary N) is 1. The summed E-state index contributed by atoms with van der Waals surface area (Å²) in [6.07, 6.45) is 0. The van der Waals surface area contributed by atoms with Crippen LogP contribution in [0.1, 0.15) is 40.0 Å². The van der Waals surface area contributed by atoms with E-state index in [1.165, 1.54) is 0 Å². The zero-order chi connectivity index (χ0) is 15.4. The second kappa shape index (κ2) is 6.10. The number of amides is 1. The van der Waals surface area contributed by atoms with Gasteiger partial charge in [-0.1, -0.05) is 12.1 Å². The number of primary amides is 1. The van der Waals surface area contributed by atoms with Crippen molar-refractivity contribution in [3.63, 3.8) is 0 Å². The number of rotatable bonds is 4. The lowest BCUT2D eigenvalue weighted by Gasteiger charge is -2.18. The Hall–Kier alpha value is -2.80. The van der Waals surface area contributed by atoms with Gasteiger partial charge in [-0.15, -0.1) is 0 Å². The highest BCUT2D eigenvalue weighted by molar-refractivity contribution is 5.93. The first-order valence-electron chi connectivity index (χ1n) is 6.68. The van der Waals surface area contributed by atoms with Crippen LogP contribution in [0.2, 0.25) is 0 Å². The summed E-state index contributed by atoms with van der Waals surface area (Å²) >= 11 is 0. The molecule has 0 aliphatic heterocycles. The van der Waals surface area contributed by atoms with Gasteiger partial charge in [0.2, 0.25) is 5.91 Å². The predicted octanol–water partition coefficient (Wildman–Crippen LogP) is 3.14. The van der Waals surface area contributed by atoms with E-state index in [1.54, 1.807) is 18.2 Å². The molecule has 0 aliphatic rings. The molecule has 0 saturated carbocycles. The molecule has 0 radical (unpaired) electrons. The molecule has 0 aromatic heterocycles. The van der Waals surface area contributed by atoms with Gasteiger partial charge in [0, 0.05) is 17.3 Å². The maximum Gasteiger partial charge on any atom is 0.248 e. The second-order valence-corrected chi connectivity index (χ2v) is 5.00. The molecule has 0 fully saturated rings. The van der Waals surface area contributed by atoms with Gasteiger partial charge in [0.1, 0.15) is 0 Å². The molecule has 3 N–H and O–H groups in total. The van der Waals surface area contributed by atoms with Crippen molar-refractivity contribution in [2.45, 2.75) is 19.9 Å². The number of hydrogen-bond donors (Lipinski definition) is 2. The fraction of sp³-hybridized carbons (Fsp3) is 0.176. The van der Waals surface area contributed by atoms with Crippen LogP contribution >= 0.6 is 0 Å². The summed E-state index contributed by atoms with van der Waals surface area (Å²) in [5.74, 6) is -0.431. The van der Waals surface area contributed by atoms with Crippen molar-refractivity contribution in [3.8, 4) is 6.07 Å². The molecule has 2 aromatic carbocycles. The smallest absolute Gasteiger partial charge is 0.248 e. The number of aryl methyl sites for hydroxylation is 1. The minimum Gasteiger partial charge on any atom is -0.378 e. The largest absolute Gasteiger partial charge is 0.378 e. The van der Waals surface area contributed by atoms with Crippen molar-refractivity contribution < 1.29 is 4.79 Å². The first-order valence-corrected chi connectivity index (χ1v) is 6.68. The lowest BCUT2D eigenvalue weighted by molar-refractivity contribution is 0.1000. The molecule has 106 valence electrons. The Morgan fingerprint density at radius 3 is 2.67 bits per heavy atom. The Kier molecular flexibility index (Phi) is 4.24. The van der Waals surface area contributed by atoms with E-state index in [4.69, 9.17) is 11.0 Å². The Balaban J connectivity index is 2.21. The summed E-state index contributed by atoms with van der Waals surface area (Å²) < 4.78 is 0. The minimum atomic E-state index is -0.431. The molecule has 2 rings (SSSR count). The van der Waals surface area contributed by atoms with Crippen molar-refractivity contribution in [3.05, 3.63) is 64.7 Å². The lowest BCUT2D eigenvalue weighted by atomic mass is 10.0. The van der Waals surface area contributed by atoms with Gasteiger partial charge in [0.05, 0.1) is 11.6 Å². The monoisotopic (exact) mass is 279 g/mol. The molecule has 4 heteroatoms. The maximum absolute atomic E-state index is 11.1. The first-order chi connectivity index (χ1) is 10.0. The quantitative estimate of drug-likeness (QED) is 0.902. The number of hydrogen-bond acceptors (Lipinski definition) is 3. The van der Waals surface area contributed by atoms with E-state index in [1.807, 2.05) is 38.1 Å². The van der Waals surface area contributed by atoms with E-state index in [2.05, 4.69) is 11.4 Å². The Labute approximate surface area is 124 Å². The van der Waals surface area contributed by atoms with Crippen molar-refractivity contribution in [2.75, 3.05) is 5.32 Å². The third-order valence-corrected chi connectivity index (χ3v) is 3.40. The summed E-state index contributed by atoms with van der Waals surface area (Å²) in [6, 6.07) is 15.0. The van der Waals surface area contributed by atoms with Gasteiger partial charge in [-0.3, -0.25) is 4.79 Å². The average Bonchev–Trinajstić information content (AvgIpc) is 2.49. The van der Waals surface area contributed by atoms with Gasteiger partial charge in [-0.25, -0.2) is 0 Å². The summed E-state index contributed by atoms with van der Waals surface area (Å²) in [4.78, 5) is 11.1. The van der Waals surface area contributed by atoms with E-state index < -0.39 is 5.91 Å². The highest BCUT2D eigenvalue weighted by atomic mass is 16.1. The fourth-order valence-corrected chi connectivity index (χ4v) is 2.17. The molecule has 2 aromatic rings. The van der Waals surface area contributed by atoms with Gasteiger partial charge in [-0.2, -0.15) is 5.26 Å². The summed E-state index contributed by atoms with van der Waals surface area (Å²) in [5.41, 5.74) is 9.33. The van der Waals surface area contributed by atoms with E-state index in [9.17, 15) is 4.79 Å². The van der Waals surface area contributed by atoms with Crippen LogP contribution in [0.15, 0.2) is 42.5 Å². The van der Waals surface area contributed by atoms with Crippen molar-refractivity contribution in [1.29, 1.82) is 5.26 Å². The SMILES string of the molecule is Cc1cc(C(N)=O)ccc1NC(C)c1cccc(C#N)c1. The zero-order valence-electron chi connectivity index (χ0n) is 12.1. The molecule has 1 amide bonds. The van der Waals surface area contributed by atoms with E-state index in [-0.39, 0.29) is 6.04 Å². The van der Waals surface area contributed by atoms with Crippen LogP contribution in [0.4, 0.5) is 5.69 Å². The normalized spacial score (nSPS) is 11.5. The molecule has 1 atom stereocenters. The Bertz CT molecular complexity index is 716. The summed E-state index contributed by atoms with van der Waals surface area (Å²) in [5, 5.41) is 12.3. The number of anilines is 1. The standard InChI is InChI=1S/C17H17N3O/c1-11-8-15(17(19)21)6-7-16(11)20-12(2)14-5-3-4-13(9-14)10-18/h3-9,12,20H,1-2H3,(H2,19,21). The predicted molar refractivity (Wildman–Crippen MR) is 82.9 cm³/mol. The molecule has 0 aliphatic carbocycles. The van der Waals surface area contributed by atoms with Crippen molar-refractivity contribution in [1.82, 2.24) is 0 Å². The number of carbonyl (C=O) groups is 1.